The fourth-order valence-electron chi connectivity index (χ4n) is 3.63. The molecule has 0 spiro atoms. The smallest absolute Gasteiger partial charge is 0.159 e. The molecular weight excluding hydrogens is 282 g/mol. The second kappa shape index (κ2) is 4.67. The van der Waals surface area contributed by atoms with Gasteiger partial charge in [0.1, 0.15) is 0 Å². The zero-order chi connectivity index (χ0) is 14.4. The van der Waals surface area contributed by atoms with E-state index in [9.17, 15) is 8.42 Å². The Labute approximate surface area is 124 Å². The molecule has 2 aliphatic heterocycles. The summed E-state index contributed by atoms with van der Waals surface area (Å²) in [6.45, 7) is 0. The Balaban J connectivity index is 1.89. The van der Waals surface area contributed by atoms with Crippen molar-refractivity contribution in [1.29, 1.82) is 0 Å². The highest BCUT2D eigenvalue weighted by atomic mass is 32.2. The molecule has 4 heteroatoms. The summed E-state index contributed by atoms with van der Waals surface area (Å²) in [6, 6.07) is 8.16. The van der Waals surface area contributed by atoms with Gasteiger partial charge in [-0.2, -0.15) is 0 Å². The summed E-state index contributed by atoms with van der Waals surface area (Å²) in [5, 5.41) is 1.78. The van der Waals surface area contributed by atoms with Crippen LogP contribution in [0.3, 0.4) is 0 Å². The Morgan fingerprint density at radius 1 is 1.10 bits per heavy atom. The van der Waals surface area contributed by atoms with Crippen molar-refractivity contribution in [3.05, 3.63) is 48.3 Å². The van der Waals surface area contributed by atoms with Crippen molar-refractivity contribution >= 4 is 26.2 Å². The van der Waals surface area contributed by atoms with Crippen LogP contribution in [0.5, 0.6) is 0 Å². The third-order valence-corrected chi connectivity index (χ3v) is 7.30. The highest BCUT2D eigenvalue weighted by molar-refractivity contribution is 7.93. The molecule has 2 bridgehead atoms. The SMILES string of the molecule is O=S1(=O)C2C=C(c3cncc4ccccc34)CC1CCC2. The summed E-state index contributed by atoms with van der Waals surface area (Å²) in [5.74, 6) is 0. The molecule has 2 aliphatic rings. The van der Waals surface area contributed by atoms with Crippen molar-refractivity contribution in [1.82, 2.24) is 4.98 Å². The van der Waals surface area contributed by atoms with Gasteiger partial charge in [0.2, 0.25) is 0 Å². The molecule has 2 atom stereocenters. The van der Waals surface area contributed by atoms with Crippen LogP contribution in [0.2, 0.25) is 0 Å². The molecule has 1 aromatic carbocycles. The van der Waals surface area contributed by atoms with Gasteiger partial charge in [-0.15, -0.1) is 0 Å². The molecular formula is C17H17NO2S. The van der Waals surface area contributed by atoms with Gasteiger partial charge in [0.15, 0.2) is 9.84 Å². The Kier molecular flexibility index (Phi) is 2.89. The van der Waals surface area contributed by atoms with Crippen molar-refractivity contribution in [3.8, 4) is 0 Å². The first-order valence-corrected chi connectivity index (χ1v) is 9.04. The molecule has 21 heavy (non-hydrogen) atoms. The van der Waals surface area contributed by atoms with Crippen LogP contribution >= 0.6 is 0 Å². The van der Waals surface area contributed by atoms with Gasteiger partial charge in [-0.1, -0.05) is 36.8 Å². The number of fused-ring (bicyclic) bond motifs is 3. The minimum Gasteiger partial charge on any atom is -0.263 e. The maximum atomic E-state index is 12.4. The van der Waals surface area contributed by atoms with E-state index in [1.54, 1.807) is 0 Å². The topological polar surface area (TPSA) is 47.0 Å². The van der Waals surface area contributed by atoms with E-state index in [2.05, 4.69) is 11.1 Å². The molecule has 0 radical (unpaired) electrons. The molecule has 1 aromatic heterocycles. The van der Waals surface area contributed by atoms with E-state index < -0.39 is 9.84 Å². The lowest BCUT2D eigenvalue weighted by Gasteiger charge is -2.33. The van der Waals surface area contributed by atoms with E-state index in [1.807, 2.05) is 36.7 Å². The third kappa shape index (κ3) is 2.01. The fraction of sp³-hybridized carbons (Fsp3) is 0.353. The van der Waals surface area contributed by atoms with Crippen molar-refractivity contribution < 1.29 is 8.42 Å². The molecule has 3 heterocycles. The predicted molar refractivity (Wildman–Crippen MR) is 84.7 cm³/mol. The number of nitrogens with zero attached hydrogens (tertiary/aromatic N) is 1. The summed E-state index contributed by atoms with van der Waals surface area (Å²) in [5.41, 5.74) is 2.25. The molecule has 0 N–H and O–H groups in total. The van der Waals surface area contributed by atoms with Gasteiger partial charge in [-0.25, -0.2) is 8.42 Å². The monoisotopic (exact) mass is 299 g/mol. The molecule has 108 valence electrons. The Morgan fingerprint density at radius 2 is 1.95 bits per heavy atom. The Morgan fingerprint density at radius 3 is 2.81 bits per heavy atom. The molecule has 0 amide bonds. The lowest BCUT2D eigenvalue weighted by molar-refractivity contribution is 0.518. The van der Waals surface area contributed by atoms with Gasteiger partial charge in [-0.3, -0.25) is 4.98 Å². The third-order valence-electron chi connectivity index (χ3n) is 4.75. The van der Waals surface area contributed by atoms with Gasteiger partial charge in [0.05, 0.1) is 10.5 Å². The first-order valence-electron chi connectivity index (χ1n) is 7.43. The second-order valence-electron chi connectivity index (χ2n) is 5.98. The zero-order valence-corrected chi connectivity index (χ0v) is 12.5. The van der Waals surface area contributed by atoms with E-state index in [-0.39, 0.29) is 10.5 Å². The lowest BCUT2D eigenvalue weighted by atomic mass is 9.92. The number of rotatable bonds is 1. The van der Waals surface area contributed by atoms with Gasteiger partial charge < -0.3 is 0 Å². The molecule has 2 aromatic rings. The van der Waals surface area contributed by atoms with Gasteiger partial charge >= 0.3 is 0 Å². The first-order chi connectivity index (χ1) is 10.2. The first kappa shape index (κ1) is 13.0. The van der Waals surface area contributed by atoms with E-state index in [0.29, 0.717) is 6.42 Å². The normalized spacial score (nSPS) is 27.3. The standard InChI is InChI=1S/C17H17NO2S/c19-21(20)14-5-3-6-15(21)9-13(8-14)17-11-18-10-12-4-1-2-7-16(12)17/h1-2,4,7-8,10-11,14-15H,3,5-6,9H2. The maximum Gasteiger partial charge on any atom is 0.159 e. The summed E-state index contributed by atoms with van der Waals surface area (Å²) in [6.07, 6.45) is 8.94. The van der Waals surface area contributed by atoms with Crippen molar-refractivity contribution in [2.24, 2.45) is 0 Å². The summed E-state index contributed by atoms with van der Waals surface area (Å²) in [4.78, 5) is 4.33. The highest BCUT2D eigenvalue weighted by Gasteiger charge is 2.40. The molecule has 0 saturated carbocycles. The molecule has 2 unspecified atom stereocenters. The lowest BCUT2D eigenvalue weighted by Crippen LogP contribution is -2.38. The summed E-state index contributed by atoms with van der Waals surface area (Å²) >= 11 is 0. The van der Waals surface area contributed by atoms with Crippen LogP contribution in [0.25, 0.3) is 16.3 Å². The van der Waals surface area contributed by atoms with Crippen molar-refractivity contribution in [2.45, 2.75) is 36.2 Å². The predicted octanol–water partition coefficient (Wildman–Crippen LogP) is 3.36. The number of pyridine rings is 1. The maximum absolute atomic E-state index is 12.4. The minimum absolute atomic E-state index is 0.199. The summed E-state index contributed by atoms with van der Waals surface area (Å²) < 4.78 is 24.8. The number of allylic oxidation sites excluding steroid dienone is 1. The number of sulfone groups is 1. The van der Waals surface area contributed by atoms with E-state index in [0.717, 1.165) is 41.2 Å². The van der Waals surface area contributed by atoms with Crippen LogP contribution in [0.15, 0.2) is 42.7 Å². The Bertz CT molecular complexity index is 833. The number of aromatic nitrogens is 1. The molecule has 3 nitrogen and oxygen atoms in total. The molecule has 4 rings (SSSR count). The number of hydrogen-bond acceptors (Lipinski definition) is 3. The van der Waals surface area contributed by atoms with E-state index >= 15 is 0 Å². The fourth-order valence-corrected chi connectivity index (χ4v) is 5.88. The van der Waals surface area contributed by atoms with Crippen LogP contribution in [-0.2, 0) is 9.84 Å². The van der Waals surface area contributed by atoms with Gasteiger partial charge in [0, 0.05) is 23.3 Å². The van der Waals surface area contributed by atoms with Crippen LogP contribution in [-0.4, -0.2) is 23.9 Å². The van der Waals surface area contributed by atoms with Crippen LogP contribution in [0.1, 0.15) is 31.2 Å². The number of benzene rings is 1. The Hall–Kier alpha value is -1.68. The average Bonchev–Trinajstić information content (AvgIpc) is 2.46. The van der Waals surface area contributed by atoms with Gasteiger partial charge in [-0.05, 0) is 30.2 Å². The zero-order valence-electron chi connectivity index (χ0n) is 11.7. The molecule has 1 fully saturated rings. The van der Waals surface area contributed by atoms with E-state index in [4.69, 9.17) is 0 Å². The van der Waals surface area contributed by atoms with Crippen molar-refractivity contribution in [3.63, 3.8) is 0 Å². The summed E-state index contributed by atoms with van der Waals surface area (Å²) in [7, 11) is -2.96. The largest absolute Gasteiger partial charge is 0.263 e. The van der Waals surface area contributed by atoms with Crippen LogP contribution in [0, 0.1) is 0 Å². The number of hydrogen-bond donors (Lipinski definition) is 0. The molecule has 1 saturated heterocycles. The van der Waals surface area contributed by atoms with Crippen LogP contribution < -0.4 is 0 Å². The van der Waals surface area contributed by atoms with Crippen molar-refractivity contribution in [2.75, 3.05) is 0 Å². The highest BCUT2D eigenvalue weighted by Crippen LogP contribution is 2.40. The molecule has 0 aliphatic carbocycles. The quantitative estimate of drug-likeness (QED) is 0.811. The van der Waals surface area contributed by atoms with Crippen LogP contribution in [0.4, 0.5) is 0 Å². The minimum atomic E-state index is -2.96. The van der Waals surface area contributed by atoms with E-state index in [1.165, 1.54) is 0 Å². The second-order valence-corrected chi connectivity index (χ2v) is 8.43. The average molecular weight is 299 g/mol. The van der Waals surface area contributed by atoms with Gasteiger partial charge in [0.25, 0.3) is 0 Å².